The lowest BCUT2D eigenvalue weighted by molar-refractivity contribution is -0.121. The van der Waals surface area contributed by atoms with Crippen LogP contribution in [0.4, 0.5) is 8.78 Å². The standard InChI is InChI=1S/C14H19F2NO2/c1-3-10(2)17-13(18)9-6-11-4-7-12(8-5-11)19-14(15)16/h4-5,7-8,10,14H,3,6,9H2,1-2H3,(H,17,18). The minimum absolute atomic E-state index is 0.00209. The van der Waals surface area contributed by atoms with E-state index in [2.05, 4.69) is 10.1 Å². The van der Waals surface area contributed by atoms with Gasteiger partial charge in [-0.3, -0.25) is 4.79 Å². The van der Waals surface area contributed by atoms with Crippen LogP contribution < -0.4 is 10.1 Å². The zero-order chi connectivity index (χ0) is 14.3. The van der Waals surface area contributed by atoms with Crippen molar-refractivity contribution in [3.63, 3.8) is 0 Å². The predicted molar refractivity (Wildman–Crippen MR) is 69.3 cm³/mol. The second-order valence-electron chi connectivity index (χ2n) is 4.40. The number of hydrogen-bond acceptors (Lipinski definition) is 2. The molecule has 0 heterocycles. The monoisotopic (exact) mass is 271 g/mol. The molecule has 0 saturated carbocycles. The highest BCUT2D eigenvalue weighted by Crippen LogP contribution is 2.15. The fourth-order valence-corrected chi connectivity index (χ4v) is 1.54. The number of carbonyl (C=O) groups is 1. The zero-order valence-corrected chi connectivity index (χ0v) is 11.2. The van der Waals surface area contributed by atoms with Crippen molar-refractivity contribution < 1.29 is 18.3 Å². The molecular weight excluding hydrogens is 252 g/mol. The first-order chi connectivity index (χ1) is 9.01. The quantitative estimate of drug-likeness (QED) is 0.827. The zero-order valence-electron chi connectivity index (χ0n) is 11.2. The van der Waals surface area contributed by atoms with Gasteiger partial charge in [0.2, 0.25) is 5.91 Å². The summed E-state index contributed by atoms with van der Waals surface area (Å²) in [6.07, 6.45) is 1.86. The summed E-state index contributed by atoms with van der Waals surface area (Å²) in [6, 6.07) is 6.51. The van der Waals surface area contributed by atoms with Crippen molar-refractivity contribution in [1.82, 2.24) is 5.32 Å². The van der Waals surface area contributed by atoms with Gasteiger partial charge in [-0.1, -0.05) is 19.1 Å². The number of alkyl halides is 2. The van der Waals surface area contributed by atoms with Crippen LogP contribution in [0.2, 0.25) is 0 Å². The van der Waals surface area contributed by atoms with Crippen molar-refractivity contribution in [3.05, 3.63) is 29.8 Å². The molecule has 0 radical (unpaired) electrons. The third-order valence-corrected chi connectivity index (χ3v) is 2.81. The molecule has 1 atom stereocenters. The van der Waals surface area contributed by atoms with Crippen LogP contribution in [0, 0.1) is 0 Å². The number of halogens is 2. The Morgan fingerprint density at radius 2 is 1.95 bits per heavy atom. The normalized spacial score (nSPS) is 12.3. The Kier molecular flexibility index (Phi) is 6.25. The molecule has 1 aromatic rings. The number of aryl methyl sites for hydroxylation is 1. The molecule has 0 aliphatic carbocycles. The van der Waals surface area contributed by atoms with E-state index in [1.165, 1.54) is 12.1 Å². The Labute approximate surface area is 112 Å². The number of ether oxygens (including phenoxy) is 1. The molecule has 1 aromatic carbocycles. The van der Waals surface area contributed by atoms with Crippen LogP contribution in [0.25, 0.3) is 0 Å². The predicted octanol–water partition coefficient (Wildman–Crippen LogP) is 3.14. The first-order valence-electron chi connectivity index (χ1n) is 6.34. The summed E-state index contributed by atoms with van der Waals surface area (Å²) in [5.74, 6) is 0.130. The van der Waals surface area contributed by atoms with Crippen molar-refractivity contribution in [2.24, 2.45) is 0 Å². The third-order valence-electron chi connectivity index (χ3n) is 2.81. The summed E-state index contributed by atoms with van der Waals surface area (Å²) >= 11 is 0. The van der Waals surface area contributed by atoms with Gasteiger partial charge >= 0.3 is 6.61 Å². The molecule has 0 aliphatic heterocycles. The lowest BCUT2D eigenvalue weighted by Crippen LogP contribution is -2.31. The minimum atomic E-state index is -2.81. The van der Waals surface area contributed by atoms with Crippen molar-refractivity contribution in [2.75, 3.05) is 0 Å². The van der Waals surface area contributed by atoms with E-state index < -0.39 is 6.61 Å². The summed E-state index contributed by atoms with van der Waals surface area (Å²) < 4.78 is 28.2. The van der Waals surface area contributed by atoms with Crippen molar-refractivity contribution in [2.45, 2.75) is 45.8 Å². The van der Waals surface area contributed by atoms with Crippen LogP contribution in [-0.2, 0) is 11.2 Å². The molecular formula is C14H19F2NO2. The smallest absolute Gasteiger partial charge is 0.387 e. The molecule has 0 bridgehead atoms. The molecule has 19 heavy (non-hydrogen) atoms. The van der Waals surface area contributed by atoms with Gasteiger partial charge < -0.3 is 10.1 Å². The van der Waals surface area contributed by atoms with E-state index in [-0.39, 0.29) is 17.7 Å². The summed E-state index contributed by atoms with van der Waals surface area (Å²) in [5, 5.41) is 2.87. The maximum absolute atomic E-state index is 12.0. The second-order valence-corrected chi connectivity index (χ2v) is 4.40. The molecule has 3 nitrogen and oxygen atoms in total. The van der Waals surface area contributed by atoms with E-state index in [0.717, 1.165) is 12.0 Å². The van der Waals surface area contributed by atoms with E-state index in [4.69, 9.17) is 0 Å². The highest BCUT2D eigenvalue weighted by atomic mass is 19.3. The maximum atomic E-state index is 12.0. The van der Waals surface area contributed by atoms with Gasteiger partial charge in [0, 0.05) is 12.5 Å². The molecule has 0 aliphatic rings. The van der Waals surface area contributed by atoms with Gasteiger partial charge in [0.05, 0.1) is 0 Å². The van der Waals surface area contributed by atoms with Crippen LogP contribution >= 0.6 is 0 Å². The first kappa shape index (κ1) is 15.4. The topological polar surface area (TPSA) is 38.3 Å². The minimum Gasteiger partial charge on any atom is -0.435 e. The maximum Gasteiger partial charge on any atom is 0.387 e. The number of hydrogen-bond donors (Lipinski definition) is 1. The Morgan fingerprint density at radius 1 is 1.32 bits per heavy atom. The number of nitrogens with one attached hydrogen (secondary N) is 1. The highest BCUT2D eigenvalue weighted by molar-refractivity contribution is 5.76. The van der Waals surface area contributed by atoms with Crippen molar-refractivity contribution >= 4 is 5.91 Å². The molecule has 0 fully saturated rings. The van der Waals surface area contributed by atoms with Crippen molar-refractivity contribution in [1.29, 1.82) is 0 Å². The van der Waals surface area contributed by atoms with Gasteiger partial charge in [-0.05, 0) is 37.5 Å². The summed E-state index contributed by atoms with van der Waals surface area (Å²) in [7, 11) is 0. The summed E-state index contributed by atoms with van der Waals surface area (Å²) in [4.78, 5) is 11.6. The van der Waals surface area contributed by atoms with Gasteiger partial charge in [-0.25, -0.2) is 0 Å². The van der Waals surface area contributed by atoms with Crippen LogP contribution in [0.5, 0.6) is 5.75 Å². The number of amides is 1. The lowest BCUT2D eigenvalue weighted by atomic mass is 10.1. The molecule has 106 valence electrons. The van der Waals surface area contributed by atoms with Gasteiger partial charge in [-0.2, -0.15) is 8.78 Å². The average molecular weight is 271 g/mol. The van der Waals surface area contributed by atoms with Crippen LogP contribution in [0.3, 0.4) is 0 Å². The largest absolute Gasteiger partial charge is 0.435 e. The van der Waals surface area contributed by atoms with Gasteiger partial charge in [0.15, 0.2) is 0 Å². The van der Waals surface area contributed by atoms with Gasteiger partial charge in [0.25, 0.3) is 0 Å². The highest BCUT2D eigenvalue weighted by Gasteiger charge is 2.07. The molecule has 1 unspecified atom stereocenters. The van der Waals surface area contributed by atoms with Gasteiger partial charge in [-0.15, -0.1) is 0 Å². The van der Waals surface area contributed by atoms with Crippen LogP contribution in [0.1, 0.15) is 32.3 Å². The first-order valence-corrected chi connectivity index (χ1v) is 6.34. The average Bonchev–Trinajstić information content (AvgIpc) is 2.37. The van der Waals surface area contributed by atoms with E-state index >= 15 is 0 Å². The second kappa shape index (κ2) is 7.71. The molecule has 5 heteroatoms. The number of carbonyl (C=O) groups excluding carboxylic acids is 1. The molecule has 1 N–H and O–H groups in total. The van der Waals surface area contributed by atoms with Crippen molar-refractivity contribution in [3.8, 4) is 5.75 Å². The lowest BCUT2D eigenvalue weighted by Gasteiger charge is -2.11. The van der Waals surface area contributed by atoms with E-state index in [9.17, 15) is 13.6 Å². The Hall–Kier alpha value is -1.65. The van der Waals surface area contributed by atoms with E-state index in [0.29, 0.717) is 12.8 Å². The Morgan fingerprint density at radius 3 is 2.47 bits per heavy atom. The molecule has 0 aromatic heterocycles. The van der Waals surface area contributed by atoms with Gasteiger partial charge in [0.1, 0.15) is 5.75 Å². The Balaban J connectivity index is 2.39. The molecule has 0 saturated heterocycles. The molecule has 0 spiro atoms. The van der Waals surface area contributed by atoms with Crippen LogP contribution in [-0.4, -0.2) is 18.6 Å². The summed E-state index contributed by atoms with van der Waals surface area (Å²) in [6.45, 7) is 1.15. The fraction of sp³-hybridized carbons (Fsp3) is 0.500. The summed E-state index contributed by atoms with van der Waals surface area (Å²) in [5.41, 5.74) is 0.918. The SMILES string of the molecule is CCC(C)NC(=O)CCc1ccc(OC(F)F)cc1. The third kappa shape index (κ3) is 6.18. The molecule has 1 rings (SSSR count). The number of benzene rings is 1. The fourth-order valence-electron chi connectivity index (χ4n) is 1.54. The molecule has 1 amide bonds. The number of rotatable bonds is 7. The van der Waals surface area contributed by atoms with E-state index in [1.807, 2.05) is 13.8 Å². The van der Waals surface area contributed by atoms with Crippen LogP contribution in [0.15, 0.2) is 24.3 Å². The van der Waals surface area contributed by atoms with E-state index in [1.54, 1.807) is 12.1 Å². The Bertz CT molecular complexity index is 393.